The number of allylic oxidation sites excluding steroid dienone is 1. The third kappa shape index (κ3) is 2.55. The van der Waals surface area contributed by atoms with E-state index in [9.17, 15) is 4.79 Å². The van der Waals surface area contributed by atoms with E-state index >= 15 is 0 Å². The van der Waals surface area contributed by atoms with Crippen LogP contribution in [0.3, 0.4) is 0 Å². The van der Waals surface area contributed by atoms with Gasteiger partial charge >= 0.3 is 0 Å². The van der Waals surface area contributed by atoms with Gasteiger partial charge in [0.05, 0.1) is 10.7 Å². The molecular formula is C15H10Cl2N2O. The Morgan fingerprint density at radius 2 is 2.00 bits per heavy atom. The molecule has 0 spiro atoms. The molecule has 3 rings (SSSR count). The van der Waals surface area contributed by atoms with Gasteiger partial charge in [0.1, 0.15) is 0 Å². The van der Waals surface area contributed by atoms with Gasteiger partial charge in [-0.05, 0) is 30.2 Å². The first-order valence-corrected chi connectivity index (χ1v) is 6.80. The van der Waals surface area contributed by atoms with Crippen LogP contribution in [0.5, 0.6) is 0 Å². The summed E-state index contributed by atoms with van der Waals surface area (Å²) in [4.78, 5) is 16.0. The first-order valence-electron chi connectivity index (χ1n) is 6.04. The van der Waals surface area contributed by atoms with E-state index in [1.807, 2.05) is 18.2 Å². The highest BCUT2D eigenvalue weighted by Gasteiger charge is 2.23. The summed E-state index contributed by atoms with van der Waals surface area (Å²) < 4.78 is 0. The Balaban J connectivity index is 1.91. The zero-order chi connectivity index (χ0) is 14.1. The number of aromatic nitrogens is 1. The second kappa shape index (κ2) is 5.27. The molecule has 0 bridgehead atoms. The van der Waals surface area contributed by atoms with Gasteiger partial charge in [0.25, 0.3) is 5.91 Å². The van der Waals surface area contributed by atoms with E-state index in [0.29, 0.717) is 22.0 Å². The van der Waals surface area contributed by atoms with Crippen LogP contribution in [0, 0.1) is 0 Å². The number of carbonyl (C=O) groups is 1. The second-order valence-corrected chi connectivity index (χ2v) is 5.35. The van der Waals surface area contributed by atoms with Crippen LogP contribution >= 0.6 is 23.2 Å². The molecule has 2 aromatic rings. The number of rotatable bonds is 2. The van der Waals surface area contributed by atoms with Crippen LogP contribution in [0.4, 0.5) is 5.69 Å². The van der Waals surface area contributed by atoms with E-state index in [-0.39, 0.29) is 5.91 Å². The number of pyridine rings is 1. The first-order chi connectivity index (χ1) is 9.63. The summed E-state index contributed by atoms with van der Waals surface area (Å²) >= 11 is 11.8. The lowest BCUT2D eigenvalue weighted by Gasteiger charge is -2.00. The summed E-state index contributed by atoms with van der Waals surface area (Å²) in [7, 11) is 0. The minimum Gasteiger partial charge on any atom is -0.321 e. The van der Waals surface area contributed by atoms with Crippen LogP contribution in [0.15, 0.2) is 42.7 Å². The van der Waals surface area contributed by atoms with Crippen LogP contribution in [0.1, 0.15) is 11.1 Å². The molecule has 1 N–H and O–H groups in total. The van der Waals surface area contributed by atoms with Crippen molar-refractivity contribution in [3.05, 3.63) is 63.9 Å². The highest BCUT2D eigenvalue weighted by molar-refractivity contribution is 6.34. The van der Waals surface area contributed by atoms with Crippen LogP contribution < -0.4 is 5.32 Å². The largest absolute Gasteiger partial charge is 0.321 e. The molecule has 20 heavy (non-hydrogen) atoms. The average Bonchev–Trinajstić information content (AvgIpc) is 2.71. The summed E-state index contributed by atoms with van der Waals surface area (Å²) in [6, 6.07) is 7.20. The smallest absolute Gasteiger partial charge is 0.256 e. The van der Waals surface area contributed by atoms with E-state index in [0.717, 1.165) is 16.8 Å². The van der Waals surface area contributed by atoms with Crippen molar-refractivity contribution in [2.24, 2.45) is 0 Å². The van der Waals surface area contributed by atoms with E-state index in [1.165, 1.54) is 0 Å². The molecule has 0 unspecified atom stereocenters. The summed E-state index contributed by atoms with van der Waals surface area (Å²) in [5.74, 6) is -0.114. The van der Waals surface area contributed by atoms with Crippen LogP contribution in [-0.2, 0) is 11.2 Å². The fourth-order valence-corrected chi connectivity index (χ4v) is 2.53. The van der Waals surface area contributed by atoms with Gasteiger partial charge in [-0.2, -0.15) is 0 Å². The SMILES string of the molecule is O=C1Nc2cc(Cl)ccc2/C1=C\Cc1cncc(Cl)c1. The van der Waals surface area contributed by atoms with Gasteiger partial charge in [-0.15, -0.1) is 0 Å². The molecule has 0 atom stereocenters. The molecule has 1 aromatic carbocycles. The normalized spacial score (nSPS) is 15.3. The number of fused-ring (bicyclic) bond motifs is 1. The molecule has 1 aromatic heterocycles. The number of halogens is 2. The molecule has 0 fully saturated rings. The Kier molecular flexibility index (Phi) is 3.47. The summed E-state index contributed by atoms with van der Waals surface area (Å²) in [6.07, 6.45) is 5.79. The van der Waals surface area contributed by atoms with Gasteiger partial charge in [-0.25, -0.2) is 0 Å². The Morgan fingerprint density at radius 3 is 2.80 bits per heavy atom. The van der Waals surface area contributed by atoms with Gasteiger partial charge in [0, 0.05) is 28.6 Å². The lowest BCUT2D eigenvalue weighted by atomic mass is 10.0. The van der Waals surface area contributed by atoms with E-state index in [4.69, 9.17) is 23.2 Å². The molecule has 0 aliphatic carbocycles. The van der Waals surface area contributed by atoms with Crippen molar-refractivity contribution in [2.45, 2.75) is 6.42 Å². The number of amides is 1. The zero-order valence-corrected chi connectivity index (χ0v) is 11.9. The molecule has 2 heterocycles. The minimum atomic E-state index is -0.114. The quantitative estimate of drug-likeness (QED) is 0.853. The standard InChI is InChI=1S/C15H10Cl2N2O/c16-10-2-4-12-13(15(20)19-14(12)6-10)3-1-9-5-11(17)8-18-7-9/h2-8H,1H2,(H,19,20)/b13-3+. The third-order valence-electron chi connectivity index (χ3n) is 3.07. The zero-order valence-electron chi connectivity index (χ0n) is 10.4. The van der Waals surface area contributed by atoms with Crippen LogP contribution in [0.25, 0.3) is 5.57 Å². The maximum absolute atomic E-state index is 12.0. The van der Waals surface area contributed by atoms with Gasteiger partial charge < -0.3 is 5.32 Å². The van der Waals surface area contributed by atoms with Crippen molar-refractivity contribution < 1.29 is 4.79 Å². The summed E-state index contributed by atoms with van der Waals surface area (Å²) in [5.41, 5.74) is 3.23. The molecule has 1 aliphatic rings. The van der Waals surface area contributed by atoms with E-state index < -0.39 is 0 Å². The lowest BCUT2D eigenvalue weighted by molar-refractivity contribution is -0.110. The van der Waals surface area contributed by atoms with Gasteiger partial charge in [-0.1, -0.05) is 35.3 Å². The van der Waals surface area contributed by atoms with Crippen molar-refractivity contribution in [1.29, 1.82) is 0 Å². The van der Waals surface area contributed by atoms with Gasteiger partial charge in [0.2, 0.25) is 0 Å². The maximum Gasteiger partial charge on any atom is 0.256 e. The Bertz CT molecular complexity index is 726. The monoisotopic (exact) mass is 304 g/mol. The van der Waals surface area contributed by atoms with Crippen molar-refractivity contribution in [2.75, 3.05) is 5.32 Å². The number of nitrogens with one attached hydrogen (secondary N) is 1. The molecule has 5 heteroatoms. The van der Waals surface area contributed by atoms with Crippen LogP contribution in [-0.4, -0.2) is 10.9 Å². The Hall–Kier alpha value is -1.84. The highest BCUT2D eigenvalue weighted by atomic mass is 35.5. The summed E-state index contributed by atoms with van der Waals surface area (Å²) in [5, 5.41) is 3.99. The van der Waals surface area contributed by atoms with Gasteiger partial charge in [-0.3, -0.25) is 9.78 Å². The maximum atomic E-state index is 12.0. The molecule has 0 radical (unpaired) electrons. The topological polar surface area (TPSA) is 42.0 Å². The molecule has 0 saturated carbocycles. The van der Waals surface area contributed by atoms with E-state index in [1.54, 1.807) is 24.5 Å². The highest BCUT2D eigenvalue weighted by Crippen LogP contribution is 2.33. The fraction of sp³-hybridized carbons (Fsp3) is 0.0667. The Morgan fingerprint density at radius 1 is 1.15 bits per heavy atom. The number of nitrogens with zero attached hydrogens (tertiary/aromatic N) is 1. The van der Waals surface area contributed by atoms with E-state index in [2.05, 4.69) is 10.3 Å². The van der Waals surface area contributed by atoms with Crippen molar-refractivity contribution in [3.8, 4) is 0 Å². The van der Waals surface area contributed by atoms with Crippen LogP contribution in [0.2, 0.25) is 10.0 Å². The molecular weight excluding hydrogens is 295 g/mol. The molecule has 3 nitrogen and oxygen atoms in total. The predicted molar refractivity (Wildman–Crippen MR) is 81.0 cm³/mol. The number of carbonyl (C=O) groups excluding carboxylic acids is 1. The average molecular weight is 305 g/mol. The summed E-state index contributed by atoms with van der Waals surface area (Å²) in [6.45, 7) is 0. The molecule has 1 amide bonds. The molecule has 100 valence electrons. The molecule has 1 aliphatic heterocycles. The first kappa shape index (κ1) is 13.2. The lowest BCUT2D eigenvalue weighted by Crippen LogP contribution is -2.04. The van der Waals surface area contributed by atoms with Crippen molar-refractivity contribution in [1.82, 2.24) is 4.98 Å². The predicted octanol–water partition coefficient (Wildman–Crippen LogP) is 3.97. The number of benzene rings is 1. The minimum absolute atomic E-state index is 0.114. The molecule has 0 saturated heterocycles. The third-order valence-corrected chi connectivity index (χ3v) is 3.51. The Labute approximate surface area is 126 Å². The number of anilines is 1. The number of hydrogen-bond acceptors (Lipinski definition) is 2. The van der Waals surface area contributed by atoms with Crippen molar-refractivity contribution in [3.63, 3.8) is 0 Å². The van der Waals surface area contributed by atoms with Gasteiger partial charge in [0.15, 0.2) is 0 Å². The second-order valence-electron chi connectivity index (χ2n) is 4.48. The fourth-order valence-electron chi connectivity index (χ4n) is 2.16. The van der Waals surface area contributed by atoms with Crippen molar-refractivity contribution >= 4 is 40.4 Å². The number of hydrogen-bond donors (Lipinski definition) is 1.